The van der Waals surface area contributed by atoms with Crippen molar-refractivity contribution < 1.29 is 14.3 Å². The molecule has 1 saturated heterocycles. The quantitative estimate of drug-likeness (QED) is 0.847. The smallest absolute Gasteiger partial charge is 0.254 e. The zero-order valence-corrected chi connectivity index (χ0v) is 16.0. The number of benzene rings is 1. The Morgan fingerprint density at radius 3 is 2.96 bits per heavy atom. The second-order valence-electron chi connectivity index (χ2n) is 6.88. The van der Waals surface area contributed by atoms with Gasteiger partial charge in [0.1, 0.15) is 5.75 Å². The van der Waals surface area contributed by atoms with E-state index in [-0.39, 0.29) is 17.7 Å². The molecule has 7 heteroatoms. The number of H-pyrrole nitrogens is 1. The lowest BCUT2D eigenvalue weighted by atomic mass is 9.93. The molecule has 7 nitrogen and oxygen atoms in total. The summed E-state index contributed by atoms with van der Waals surface area (Å²) < 4.78 is 5.62. The highest BCUT2D eigenvalue weighted by Gasteiger charge is 2.28. The Balaban J connectivity index is 1.76. The summed E-state index contributed by atoms with van der Waals surface area (Å²) in [4.78, 5) is 26.3. The first kappa shape index (κ1) is 18.9. The molecule has 1 aliphatic heterocycles. The van der Waals surface area contributed by atoms with E-state index < -0.39 is 0 Å². The molecule has 2 amide bonds. The van der Waals surface area contributed by atoms with Gasteiger partial charge < -0.3 is 15.0 Å². The minimum atomic E-state index is -0.135. The molecular formula is C20H26N4O3. The molecule has 1 aliphatic rings. The topological polar surface area (TPSA) is 87.3 Å². The molecule has 2 N–H and O–H groups in total. The van der Waals surface area contributed by atoms with Gasteiger partial charge in [-0.2, -0.15) is 5.10 Å². The Morgan fingerprint density at radius 2 is 2.22 bits per heavy atom. The third-order valence-corrected chi connectivity index (χ3v) is 4.83. The van der Waals surface area contributed by atoms with Gasteiger partial charge in [-0.15, -0.1) is 0 Å². The standard InChI is InChI=1S/C20H26N4O3/c1-4-27-18-10-15(8-7-13(18)2)20(26)24-9-5-6-16(12-24)19-17(11-21-23-19)22-14(3)25/h7-8,10-11,16H,4-6,9,12H2,1-3H3,(H,21,23)(H,22,25)/t16-/m0/s1. The number of nitrogens with one attached hydrogen (secondary N) is 2. The van der Waals surface area contributed by atoms with Crippen molar-refractivity contribution in [2.24, 2.45) is 0 Å². The Labute approximate surface area is 159 Å². The molecule has 0 saturated carbocycles. The van der Waals surface area contributed by atoms with Crippen LogP contribution in [0.3, 0.4) is 0 Å². The molecule has 27 heavy (non-hydrogen) atoms. The molecule has 0 unspecified atom stereocenters. The third-order valence-electron chi connectivity index (χ3n) is 4.83. The van der Waals surface area contributed by atoms with E-state index in [9.17, 15) is 9.59 Å². The molecule has 1 aromatic carbocycles. The largest absolute Gasteiger partial charge is 0.494 e. The van der Waals surface area contributed by atoms with E-state index >= 15 is 0 Å². The Morgan fingerprint density at radius 1 is 1.41 bits per heavy atom. The van der Waals surface area contributed by atoms with Crippen molar-refractivity contribution in [2.45, 2.75) is 39.5 Å². The van der Waals surface area contributed by atoms with Gasteiger partial charge in [0.25, 0.3) is 5.91 Å². The second-order valence-corrected chi connectivity index (χ2v) is 6.88. The molecule has 2 aromatic rings. The molecule has 1 fully saturated rings. The first-order chi connectivity index (χ1) is 13.0. The number of hydrogen-bond acceptors (Lipinski definition) is 4. The maximum Gasteiger partial charge on any atom is 0.254 e. The van der Waals surface area contributed by atoms with Crippen molar-refractivity contribution in [3.63, 3.8) is 0 Å². The lowest BCUT2D eigenvalue weighted by Gasteiger charge is -2.33. The summed E-state index contributed by atoms with van der Waals surface area (Å²) in [6.45, 7) is 7.25. The average molecular weight is 370 g/mol. The summed E-state index contributed by atoms with van der Waals surface area (Å²) in [6, 6.07) is 5.59. The van der Waals surface area contributed by atoms with E-state index in [2.05, 4.69) is 15.5 Å². The SMILES string of the molecule is CCOc1cc(C(=O)N2CCC[C@H](c3[nH]ncc3NC(C)=O)C2)ccc1C. The highest BCUT2D eigenvalue weighted by atomic mass is 16.5. The zero-order valence-electron chi connectivity index (χ0n) is 16.0. The summed E-state index contributed by atoms with van der Waals surface area (Å²) >= 11 is 0. The minimum absolute atomic E-state index is 0.00115. The number of rotatable bonds is 5. The van der Waals surface area contributed by atoms with Gasteiger partial charge in [-0.1, -0.05) is 6.07 Å². The first-order valence-electron chi connectivity index (χ1n) is 9.33. The van der Waals surface area contributed by atoms with E-state index in [1.54, 1.807) is 6.20 Å². The van der Waals surface area contributed by atoms with Gasteiger partial charge in [0.2, 0.25) is 5.91 Å². The van der Waals surface area contributed by atoms with E-state index in [1.165, 1.54) is 6.92 Å². The van der Waals surface area contributed by atoms with Gasteiger partial charge in [-0.05, 0) is 44.4 Å². The van der Waals surface area contributed by atoms with Crippen molar-refractivity contribution >= 4 is 17.5 Å². The van der Waals surface area contributed by atoms with Gasteiger partial charge in [0.15, 0.2) is 0 Å². The van der Waals surface area contributed by atoms with Gasteiger partial charge in [-0.3, -0.25) is 14.7 Å². The number of hydrogen-bond donors (Lipinski definition) is 2. The summed E-state index contributed by atoms with van der Waals surface area (Å²) in [7, 11) is 0. The van der Waals surface area contributed by atoms with Gasteiger partial charge >= 0.3 is 0 Å². The van der Waals surface area contributed by atoms with Crippen LogP contribution >= 0.6 is 0 Å². The maximum atomic E-state index is 13.0. The number of aryl methyl sites for hydroxylation is 1. The summed E-state index contributed by atoms with van der Waals surface area (Å²) in [6.07, 6.45) is 3.46. The van der Waals surface area contributed by atoms with E-state index in [1.807, 2.05) is 36.9 Å². The lowest BCUT2D eigenvalue weighted by molar-refractivity contribution is -0.114. The molecule has 3 rings (SSSR count). The van der Waals surface area contributed by atoms with Crippen molar-refractivity contribution in [1.29, 1.82) is 0 Å². The van der Waals surface area contributed by atoms with Crippen LogP contribution in [0.15, 0.2) is 24.4 Å². The van der Waals surface area contributed by atoms with Gasteiger partial charge in [0, 0.05) is 31.5 Å². The van der Waals surface area contributed by atoms with Crippen LogP contribution < -0.4 is 10.1 Å². The van der Waals surface area contributed by atoms with Crippen LogP contribution in [-0.2, 0) is 4.79 Å². The minimum Gasteiger partial charge on any atom is -0.494 e. The highest BCUT2D eigenvalue weighted by molar-refractivity contribution is 5.95. The molecular weight excluding hydrogens is 344 g/mol. The van der Waals surface area contributed by atoms with E-state index in [4.69, 9.17) is 4.74 Å². The van der Waals surface area contributed by atoms with Crippen LogP contribution in [0.5, 0.6) is 5.75 Å². The van der Waals surface area contributed by atoms with Crippen LogP contribution in [0.2, 0.25) is 0 Å². The molecule has 1 atom stereocenters. The number of amides is 2. The molecule has 0 spiro atoms. The van der Waals surface area contributed by atoms with Crippen LogP contribution in [0.1, 0.15) is 54.2 Å². The van der Waals surface area contributed by atoms with Crippen molar-refractivity contribution in [1.82, 2.24) is 15.1 Å². The number of anilines is 1. The number of likely N-dealkylation sites (tertiary alicyclic amines) is 1. The third kappa shape index (κ3) is 4.30. The summed E-state index contributed by atoms with van der Waals surface area (Å²) in [5.74, 6) is 0.730. The predicted octanol–water partition coefficient (Wildman–Crippen LogP) is 3.10. The van der Waals surface area contributed by atoms with Crippen LogP contribution in [-0.4, -0.2) is 46.6 Å². The number of aromatic amines is 1. The number of aromatic nitrogens is 2. The number of nitrogens with zero attached hydrogens (tertiary/aromatic N) is 2. The summed E-state index contributed by atoms with van der Waals surface area (Å²) in [5, 5.41) is 9.85. The Hall–Kier alpha value is -2.83. The molecule has 1 aromatic heterocycles. The van der Waals surface area contributed by atoms with Crippen molar-refractivity contribution in [3.05, 3.63) is 41.2 Å². The summed E-state index contributed by atoms with van der Waals surface area (Å²) in [5.41, 5.74) is 3.22. The van der Waals surface area contributed by atoms with Gasteiger partial charge in [0.05, 0.1) is 24.2 Å². The number of piperidine rings is 1. The highest BCUT2D eigenvalue weighted by Crippen LogP contribution is 2.31. The fraction of sp³-hybridized carbons (Fsp3) is 0.450. The Bertz CT molecular complexity index is 830. The zero-order chi connectivity index (χ0) is 19.4. The monoisotopic (exact) mass is 370 g/mol. The van der Waals surface area contributed by atoms with E-state index in [0.717, 1.165) is 36.4 Å². The predicted molar refractivity (Wildman–Crippen MR) is 103 cm³/mol. The fourth-order valence-electron chi connectivity index (χ4n) is 3.52. The lowest BCUT2D eigenvalue weighted by Crippen LogP contribution is -2.39. The van der Waals surface area contributed by atoms with Crippen molar-refractivity contribution in [3.8, 4) is 5.75 Å². The number of ether oxygens (including phenoxy) is 1. The number of carbonyl (C=O) groups excluding carboxylic acids is 2. The average Bonchev–Trinajstić information content (AvgIpc) is 3.10. The number of carbonyl (C=O) groups is 2. The Kier molecular flexibility index (Phi) is 5.78. The molecule has 0 bridgehead atoms. The molecule has 2 heterocycles. The fourth-order valence-corrected chi connectivity index (χ4v) is 3.52. The normalized spacial score (nSPS) is 16.9. The van der Waals surface area contributed by atoms with Crippen LogP contribution in [0.25, 0.3) is 0 Å². The van der Waals surface area contributed by atoms with Crippen LogP contribution in [0.4, 0.5) is 5.69 Å². The van der Waals surface area contributed by atoms with Crippen LogP contribution in [0, 0.1) is 6.92 Å². The first-order valence-corrected chi connectivity index (χ1v) is 9.33. The van der Waals surface area contributed by atoms with Gasteiger partial charge in [-0.25, -0.2) is 0 Å². The molecule has 0 radical (unpaired) electrons. The van der Waals surface area contributed by atoms with Crippen molar-refractivity contribution in [2.75, 3.05) is 25.0 Å². The molecule has 144 valence electrons. The maximum absolute atomic E-state index is 13.0. The molecule has 0 aliphatic carbocycles. The van der Waals surface area contributed by atoms with E-state index in [0.29, 0.717) is 24.4 Å². The second kappa shape index (κ2) is 8.24.